The molecular formula is C21H21N3O6. The van der Waals surface area contributed by atoms with E-state index in [1.807, 2.05) is 24.3 Å². The SMILES string of the molecule is COc1ccc(CCN2C(=O)NC(CC(=O)Nc3ccc4c(c3)OCO4)C2=O)cc1. The van der Waals surface area contributed by atoms with E-state index in [9.17, 15) is 14.4 Å². The Morgan fingerprint density at radius 2 is 1.93 bits per heavy atom. The van der Waals surface area contributed by atoms with Crippen molar-refractivity contribution in [1.29, 1.82) is 0 Å². The highest BCUT2D eigenvalue weighted by molar-refractivity contribution is 6.07. The minimum Gasteiger partial charge on any atom is -0.497 e. The molecule has 1 fully saturated rings. The molecule has 1 atom stereocenters. The zero-order valence-corrected chi connectivity index (χ0v) is 16.3. The number of benzene rings is 2. The number of fused-ring (bicyclic) bond motifs is 1. The Hall–Kier alpha value is -3.75. The van der Waals surface area contributed by atoms with Crippen molar-refractivity contribution < 1.29 is 28.6 Å². The number of amides is 4. The quantitative estimate of drug-likeness (QED) is 0.675. The number of rotatable bonds is 7. The number of hydrogen-bond acceptors (Lipinski definition) is 6. The standard InChI is InChI=1S/C21H21N3O6/c1-28-15-5-2-13(3-6-15)8-9-24-20(26)16(23-21(24)27)11-19(25)22-14-4-7-17-18(10-14)30-12-29-17/h2-7,10,16H,8-9,11-12H2,1H3,(H,22,25)(H,23,27). The first kappa shape index (κ1) is 19.6. The lowest BCUT2D eigenvalue weighted by atomic mass is 10.1. The third-order valence-electron chi connectivity index (χ3n) is 4.94. The molecule has 0 saturated carbocycles. The van der Waals surface area contributed by atoms with Crippen LogP contribution < -0.4 is 24.8 Å². The first-order chi connectivity index (χ1) is 14.5. The number of hydrogen-bond donors (Lipinski definition) is 2. The first-order valence-corrected chi connectivity index (χ1v) is 9.48. The van der Waals surface area contributed by atoms with E-state index in [-0.39, 0.29) is 25.7 Å². The summed E-state index contributed by atoms with van der Waals surface area (Å²) in [5.41, 5.74) is 1.50. The minimum absolute atomic E-state index is 0.141. The van der Waals surface area contributed by atoms with Gasteiger partial charge in [-0.2, -0.15) is 0 Å². The van der Waals surface area contributed by atoms with Crippen LogP contribution in [0.1, 0.15) is 12.0 Å². The smallest absolute Gasteiger partial charge is 0.324 e. The molecule has 2 N–H and O–H groups in total. The number of methoxy groups -OCH3 is 1. The molecule has 0 aliphatic carbocycles. The number of ether oxygens (including phenoxy) is 3. The lowest BCUT2D eigenvalue weighted by molar-refractivity contribution is -0.129. The van der Waals surface area contributed by atoms with Crippen LogP contribution in [0.15, 0.2) is 42.5 Å². The lowest BCUT2D eigenvalue weighted by Crippen LogP contribution is -2.34. The zero-order chi connectivity index (χ0) is 21.1. The van der Waals surface area contributed by atoms with E-state index < -0.39 is 18.0 Å². The van der Waals surface area contributed by atoms with Gasteiger partial charge in [0.15, 0.2) is 11.5 Å². The van der Waals surface area contributed by atoms with E-state index in [2.05, 4.69) is 10.6 Å². The van der Waals surface area contributed by atoms with Crippen molar-refractivity contribution in [2.45, 2.75) is 18.9 Å². The predicted molar refractivity (Wildman–Crippen MR) is 107 cm³/mol. The molecule has 0 radical (unpaired) electrons. The molecule has 2 heterocycles. The summed E-state index contributed by atoms with van der Waals surface area (Å²) in [6.45, 7) is 0.374. The predicted octanol–water partition coefficient (Wildman–Crippen LogP) is 1.92. The summed E-state index contributed by atoms with van der Waals surface area (Å²) in [5, 5.41) is 5.29. The Morgan fingerprint density at radius 1 is 1.17 bits per heavy atom. The third-order valence-corrected chi connectivity index (χ3v) is 4.94. The summed E-state index contributed by atoms with van der Waals surface area (Å²) in [7, 11) is 1.59. The Balaban J connectivity index is 1.31. The summed E-state index contributed by atoms with van der Waals surface area (Å²) in [4.78, 5) is 38.3. The number of nitrogens with zero attached hydrogens (tertiary/aromatic N) is 1. The van der Waals surface area contributed by atoms with E-state index >= 15 is 0 Å². The average Bonchev–Trinajstić information content (AvgIpc) is 3.31. The molecular weight excluding hydrogens is 390 g/mol. The van der Waals surface area contributed by atoms with Crippen molar-refractivity contribution in [2.75, 3.05) is 25.8 Å². The fourth-order valence-corrected chi connectivity index (χ4v) is 3.33. The maximum atomic E-state index is 12.6. The van der Waals surface area contributed by atoms with Gasteiger partial charge in [0, 0.05) is 18.3 Å². The summed E-state index contributed by atoms with van der Waals surface area (Å²) >= 11 is 0. The maximum Gasteiger partial charge on any atom is 0.324 e. The average molecular weight is 411 g/mol. The van der Waals surface area contributed by atoms with Crippen LogP contribution in [0, 0.1) is 0 Å². The van der Waals surface area contributed by atoms with Crippen molar-refractivity contribution in [1.82, 2.24) is 10.2 Å². The highest BCUT2D eigenvalue weighted by Gasteiger charge is 2.38. The Kier molecular flexibility index (Phi) is 5.42. The van der Waals surface area contributed by atoms with Crippen molar-refractivity contribution in [3.63, 3.8) is 0 Å². The van der Waals surface area contributed by atoms with Gasteiger partial charge in [-0.05, 0) is 36.2 Å². The topological polar surface area (TPSA) is 106 Å². The van der Waals surface area contributed by atoms with E-state index in [1.54, 1.807) is 25.3 Å². The van der Waals surface area contributed by atoms with Crippen LogP contribution in [0.5, 0.6) is 17.2 Å². The van der Waals surface area contributed by atoms with Crippen molar-refractivity contribution in [2.24, 2.45) is 0 Å². The van der Waals surface area contributed by atoms with Gasteiger partial charge in [0.2, 0.25) is 12.7 Å². The van der Waals surface area contributed by atoms with Gasteiger partial charge in [-0.15, -0.1) is 0 Å². The van der Waals surface area contributed by atoms with E-state index in [1.165, 1.54) is 0 Å². The number of imide groups is 1. The number of carbonyl (C=O) groups is 3. The molecule has 0 spiro atoms. The van der Waals surface area contributed by atoms with Crippen molar-refractivity contribution >= 4 is 23.5 Å². The van der Waals surface area contributed by atoms with Crippen molar-refractivity contribution in [3.8, 4) is 17.2 Å². The van der Waals surface area contributed by atoms with E-state index in [4.69, 9.17) is 14.2 Å². The number of carbonyl (C=O) groups excluding carboxylic acids is 3. The first-order valence-electron chi connectivity index (χ1n) is 9.48. The lowest BCUT2D eigenvalue weighted by Gasteiger charge is -2.13. The Labute approximate surface area is 172 Å². The van der Waals surface area contributed by atoms with Gasteiger partial charge >= 0.3 is 6.03 Å². The number of nitrogens with one attached hydrogen (secondary N) is 2. The Bertz CT molecular complexity index is 975. The second kappa shape index (κ2) is 8.32. The fourth-order valence-electron chi connectivity index (χ4n) is 3.33. The molecule has 2 aliphatic heterocycles. The second-order valence-electron chi connectivity index (χ2n) is 6.91. The summed E-state index contributed by atoms with van der Waals surface area (Å²) in [5.74, 6) is 1.10. The monoisotopic (exact) mass is 411 g/mol. The van der Waals surface area contributed by atoms with Crippen LogP contribution in [0.2, 0.25) is 0 Å². The summed E-state index contributed by atoms with van der Waals surface area (Å²) in [6.07, 6.45) is 0.358. The fraction of sp³-hybridized carbons (Fsp3) is 0.286. The van der Waals surface area contributed by atoms with Crippen molar-refractivity contribution in [3.05, 3.63) is 48.0 Å². The van der Waals surface area contributed by atoms with Gasteiger partial charge in [-0.25, -0.2) is 4.79 Å². The van der Waals surface area contributed by atoms with Gasteiger partial charge in [0.1, 0.15) is 11.8 Å². The van der Waals surface area contributed by atoms with Crippen LogP contribution in [0.4, 0.5) is 10.5 Å². The second-order valence-corrected chi connectivity index (χ2v) is 6.91. The zero-order valence-electron chi connectivity index (χ0n) is 16.3. The molecule has 0 bridgehead atoms. The molecule has 2 aliphatic rings. The number of urea groups is 1. The molecule has 0 aromatic heterocycles. The molecule has 9 nitrogen and oxygen atoms in total. The molecule has 30 heavy (non-hydrogen) atoms. The van der Waals surface area contributed by atoms with Gasteiger partial charge in [-0.1, -0.05) is 12.1 Å². The van der Waals surface area contributed by atoms with Gasteiger partial charge in [0.05, 0.1) is 13.5 Å². The Morgan fingerprint density at radius 3 is 2.70 bits per heavy atom. The van der Waals surface area contributed by atoms with E-state index in [0.29, 0.717) is 23.6 Å². The highest BCUT2D eigenvalue weighted by atomic mass is 16.7. The highest BCUT2D eigenvalue weighted by Crippen LogP contribution is 2.34. The van der Waals surface area contributed by atoms with E-state index in [0.717, 1.165) is 16.2 Å². The number of anilines is 1. The van der Waals surface area contributed by atoms with Crippen LogP contribution in [0.3, 0.4) is 0 Å². The third kappa shape index (κ3) is 4.14. The largest absolute Gasteiger partial charge is 0.497 e. The van der Waals surface area contributed by atoms with Gasteiger partial charge < -0.3 is 24.8 Å². The molecule has 1 saturated heterocycles. The van der Waals surface area contributed by atoms with Crippen LogP contribution in [-0.4, -0.2) is 49.2 Å². The molecule has 4 amide bonds. The molecule has 156 valence electrons. The van der Waals surface area contributed by atoms with Gasteiger partial charge in [0.25, 0.3) is 5.91 Å². The van der Waals surface area contributed by atoms with Crippen LogP contribution in [-0.2, 0) is 16.0 Å². The minimum atomic E-state index is -0.887. The maximum absolute atomic E-state index is 12.6. The van der Waals surface area contributed by atoms with Crippen LogP contribution in [0.25, 0.3) is 0 Å². The molecule has 9 heteroatoms. The summed E-state index contributed by atoms with van der Waals surface area (Å²) < 4.78 is 15.6. The normalized spacial score (nSPS) is 17.1. The summed E-state index contributed by atoms with van der Waals surface area (Å²) in [6, 6.07) is 11.1. The van der Waals surface area contributed by atoms with Gasteiger partial charge in [-0.3, -0.25) is 14.5 Å². The molecule has 1 unspecified atom stereocenters. The molecule has 2 aromatic rings. The molecule has 2 aromatic carbocycles. The molecule has 4 rings (SSSR count). The van der Waals surface area contributed by atoms with Crippen LogP contribution >= 0.6 is 0 Å².